The highest BCUT2D eigenvalue weighted by Gasteiger charge is 2.62. The number of esters is 2. The number of aliphatic hydroxyl groups is 1. The lowest BCUT2D eigenvalue weighted by Crippen LogP contribution is -2.63. The summed E-state index contributed by atoms with van der Waals surface area (Å²) in [6, 6.07) is 5.08. The predicted octanol–water partition coefficient (Wildman–Crippen LogP) is 3.43. The predicted molar refractivity (Wildman–Crippen MR) is 127 cm³/mol. The van der Waals surface area contributed by atoms with Crippen LogP contribution in [0, 0.1) is 23.2 Å². The van der Waals surface area contributed by atoms with E-state index in [1.54, 1.807) is 30.6 Å². The highest BCUT2D eigenvalue weighted by molar-refractivity contribution is 5.66. The second-order valence-electron chi connectivity index (χ2n) is 10.5. The summed E-state index contributed by atoms with van der Waals surface area (Å²) in [5, 5.41) is 11.7. The summed E-state index contributed by atoms with van der Waals surface area (Å²) in [6.45, 7) is 6.85. The number of carbonyl (C=O) groups excluding carboxylic acids is 2. The van der Waals surface area contributed by atoms with Gasteiger partial charge in [0, 0.05) is 43.8 Å². The summed E-state index contributed by atoms with van der Waals surface area (Å²) in [5.74, 6) is -0.891. The molecule has 0 radical (unpaired) electrons. The normalized spacial score (nSPS) is 34.9. The maximum Gasteiger partial charge on any atom is 0.345 e. The second-order valence-corrected chi connectivity index (χ2v) is 10.5. The fourth-order valence-electron chi connectivity index (χ4n) is 6.87. The van der Waals surface area contributed by atoms with Crippen LogP contribution in [0.5, 0.6) is 5.75 Å². The molecule has 9 heteroatoms. The minimum atomic E-state index is -1.18. The first-order valence-electron chi connectivity index (χ1n) is 12.4. The van der Waals surface area contributed by atoms with E-state index >= 15 is 0 Å². The Kier molecular flexibility index (Phi) is 6.14. The zero-order chi connectivity index (χ0) is 25.8. The van der Waals surface area contributed by atoms with Crippen molar-refractivity contribution in [2.45, 2.75) is 71.4 Å². The molecule has 2 fully saturated rings. The zero-order valence-corrected chi connectivity index (χ0v) is 20.8. The van der Waals surface area contributed by atoms with E-state index in [1.165, 1.54) is 13.8 Å². The van der Waals surface area contributed by atoms with Crippen molar-refractivity contribution in [2.75, 3.05) is 0 Å². The summed E-state index contributed by atoms with van der Waals surface area (Å²) < 4.78 is 23.3. The quantitative estimate of drug-likeness (QED) is 0.635. The van der Waals surface area contributed by atoms with Crippen molar-refractivity contribution < 1.29 is 33.3 Å². The highest BCUT2D eigenvalue weighted by atomic mass is 16.6. The maximum absolute atomic E-state index is 13.1. The Morgan fingerprint density at radius 2 is 1.92 bits per heavy atom. The number of rotatable bonds is 3. The molecule has 2 aromatic heterocycles. The average molecular weight is 498 g/mol. The molecule has 36 heavy (non-hydrogen) atoms. The summed E-state index contributed by atoms with van der Waals surface area (Å²) in [6.07, 6.45) is 2.23. The van der Waals surface area contributed by atoms with Gasteiger partial charge in [-0.1, -0.05) is 13.8 Å². The number of pyridine rings is 1. The topological polar surface area (TPSA) is 125 Å². The van der Waals surface area contributed by atoms with E-state index in [-0.39, 0.29) is 41.0 Å². The molecule has 2 aromatic rings. The first kappa shape index (κ1) is 24.5. The van der Waals surface area contributed by atoms with Crippen LogP contribution in [0.2, 0.25) is 0 Å². The summed E-state index contributed by atoms with van der Waals surface area (Å²) in [5.41, 5.74) is -0.457. The Balaban J connectivity index is 1.58. The van der Waals surface area contributed by atoms with Crippen LogP contribution >= 0.6 is 0 Å². The number of aliphatic hydroxyl groups excluding tert-OH is 1. The lowest BCUT2D eigenvalue weighted by Gasteiger charge is -2.60. The smallest absolute Gasteiger partial charge is 0.345 e. The van der Waals surface area contributed by atoms with Crippen LogP contribution in [0.15, 0.2) is 39.8 Å². The number of ether oxygens (including phenoxy) is 3. The third-order valence-electron chi connectivity index (χ3n) is 8.43. The lowest BCUT2D eigenvalue weighted by atomic mass is 9.49. The van der Waals surface area contributed by atoms with Gasteiger partial charge in [-0.2, -0.15) is 0 Å². The van der Waals surface area contributed by atoms with Gasteiger partial charge in [0.1, 0.15) is 35.4 Å². The fourth-order valence-corrected chi connectivity index (χ4v) is 6.87. The minimum absolute atomic E-state index is 0.0374. The Bertz CT molecular complexity index is 1230. The summed E-state index contributed by atoms with van der Waals surface area (Å²) >= 11 is 0. The maximum atomic E-state index is 13.1. The van der Waals surface area contributed by atoms with Crippen molar-refractivity contribution in [1.29, 1.82) is 0 Å². The van der Waals surface area contributed by atoms with E-state index in [0.717, 1.165) is 0 Å². The van der Waals surface area contributed by atoms with Crippen molar-refractivity contribution in [2.24, 2.45) is 23.2 Å². The van der Waals surface area contributed by atoms with Gasteiger partial charge in [0.15, 0.2) is 0 Å². The van der Waals surface area contributed by atoms with Crippen molar-refractivity contribution in [3.63, 3.8) is 0 Å². The SMILES string of the molecule is CC(=O)O[C@H]1CC2[C@@H](C)[C@@H](OC(C)=O)CC[C@]2(C)C2C1Oc1cc(-c3cccnc3)oc(=O)c1[C@@H]2O. The Labute approximate surface area is 208 Å². The molecule has 0 saturated heterocycles. The standard InChI is InChI=1S/C27H31NO8/c1-13-17-10-21(34-15(3)30)25-23(27(17,4)8-7-18(13)33-14(2)29)24(31)22-20(35-25)11-19(36-26(22)32)16-6-5-9-28-12-16/h5-6,9,11-13,17-18,21,23-25,31H,7-8,10H2,1-4H3/t13-,17?,18+,21+,23?,24+,25?,27+/m1/s1. The molecular formula is C27H31NO8. The van der Waals surface area contributed by atoms with E-state index in [4.69, 9.17) is 18.6 Å². The van der Waals surface area contributed by atoms with E-state index in [1.807, 2.05) is 6.92 Å². The molecule has 3 unspecified atom stereocenters. The van der Waals surface area contributed by atoms with Crippen LogP contribution < -0.4 is 10.4 Å². The largest absolute Gasteiger partial charge is 0.485 e. The number of hydrogen-bond donors (Lipinski definition) is 1. The van der Waals surface area contributed by atoms with Crippen LogP contribution in [0.25, 0.3) is 11.3 Å². The fraction of sp³-hybridized carbons (Fsp3) is 0.556. The molecule has 0 amide bonds. The molecular weight excluding hydrogens is 466 g/mol. The van der Waals surface area contributed by atoms with E-state index < -0.39 is 41.2 Å². The highest BCUT2D eigenvalue weighted by Crippen LogP contribution is 2.61. The Hall–Kier alpha value is -3.20. The van der Waals surface area contributed by atoms with Crippen molar-refractivity contribution in [3.05, 3.63) is 46.6 Å². The van der Waals surface area contributed by atoms with Gasteiger partial charge in [-0.25, -0.2) is 4.79 Å². The average Bonchev–Trinajstić information content (AvgIpc) is 2.82. The van der Waals surface area contributed by atoms with Gasteiger partial charge in [0.25, 0.3) is 0 Å². The van der Waals surface area contributed by atoms with Crippen molar-refractivity contribution in [1.82, 2.24) is 4.98 Å². The monoisotopic (exact) mass is 497 g/mol. The van der Waals surface area contributed by atoms with Crippen molar-refractivity contribution in [3.8, 4) is 17.1 Å². The van der Waals surface area contributed by atoms with Gasteiger partial charge in [-0.05, 0) is 48.6 Å². The Morgan fingerprint density at radius 3 is 2.58 bits per heavy atom. The molecule has 5 rings (SSSR count). The van der Waals surface area contributed by atoms with E-state index in [2.05, 4.69) is 11.9 Å². The first-order chi connectivity index (χ1) is 17.1. The molecule has 3 heterocycles. The summed E-state index contributed by atoms with van der Waals surface area (Å²) in [7, 11) is 0. The number of hydrogen-bond acceptors (Lipinski definition) is 9. The number of carbonyl (C=O) groups is 2. The van der Waals surface area contributed by atoms with Crippen LogP contribution in [-0.4, -0.2) is 40.3 Å². The van der Waals surface area contributed by atoms with Gasteiger partial charge in [-0.3, -0.25) is 14.6 Å². The van der Waals surface area contributed by atoms with Gasteiger partial charge in [0.05, 0.1) is 6.10 Å². The molecule has 8 atom stereocenters. The second kappa shape index (κ2) is 9.03. The number of aromatic nitrogens is 1. The lowest BCUT2D eigenvalue weighted by molar-refractivity contribution is -0.215. The van der Waals surface area contributed by atoms with Gasteiger partial charge >= 0.3 is 17.6 Å². The molecule has 1 N–H and O–H groups in total. The van der Waals surface area contributed by atoms with Gasteiger partial charge in [0.2, 0.25) is 0 Å². The molecule has 0 bridgehead atoms. The number of nitrogens with zero attached hydrogens (tertiary/aromatic N) is 1. The molecule has 2 saturated carbocycles. The third-order valence-corrected chi connectivity index (χ3v) is 8.43. The molecule has 192 valence electrons. The zero-order valence-electron chi connectivity index (χ0n) is 20.8. The molecule has 0 aromatic carbocycles. The molecule has 9 nitrogen and oxygen atoms in total. The van der Waals surface area contributed by atoms with E-state index in [9.17, 15) is 19.5 Å². The van der Waals surface area contributed by atoms with Crippen LogP contribution in [-0.2, 0) is 19.1 Å². The van der Waals surface area contributed by atoms with Crippen molar-refractivity contribution >= 4 is 11.9 Å². The summed E-state index contributed by atoms with van der Waals surface area (Å²) in [4.78, 5) is 41.0. The third kappa shape index (κ3) is 3.99. The molecule has 0 spiro atoms. The Morgan fingerprint density at radius 1 is 1.19 bits per heavy atom. The number of fused-ring (bicyclic) bond motifs is 4. The molecule has 1 aliphatic heterocycles. The van der Waals surface area contributed by atoms with Gasteiger partial charge in [-0.15, -0.1) is 0 Å². The van der Waals surface area contributed by atoms with E-state index in [0.29, 0.717) is 24.8 Å². The van der Waals surface area contributed by atoms with Crippen LogP contribution in [0.1, 0.15) is 58.6 Å². The molecule has 2 aliphatic carbocycles. The minimum Gasteiger partial charge on any atom is -0.485 e. The molecule has 3 aliphatic rings. The van der Waals surface area contributed by atoms with Crippen LogP contribution in [0.4, 0.5) is 0 Å². The van der Waals surface area contributed by atoms with Crippen LogP contribution in [0.3, 0.4) is 0 Å². The first-order valence-corrected chi connectivity index (χ1v) is 12.4. The van der Waals surface area contributed by atoms with Gasteiger partial charge < -0.3 is 23.7 Å².